The van der Waals surface area contributed by atoms with Crippen molar-refractivity contribution in [1.82, 2.24) is 4.90 Å². The first-order chi connectivity index (χ1) is 16.9. The molecule has 2 aromatic rings. The Morgan fingerprint density at radius 2 is 1.75 bits per heavy atom. The van der Waals surface area contributed by atoms with Crippen LogP contribution in [0, 0.1) is 11.7 Å². The molecule has 0 N–H and O–H groups in total. The van der Waals surface area contributed by atoms with Crippen molar-refractivity contribution in [2.45, 2.75) is 83.9 Å². The predicted octanol–water partition coefficient (Wildman–Crippen LogP) is 8.21. The zero-order valence-corrected chi connectivity index (χ0v) is 23.3. The van der Waals surface area contributed by atoms with Crippen molar-refractivity contribution >= 4 is 29.2 Å². The number of likely N-dealkylation sites (tertiary alicyclic amines) is 1. The first-order valence-corrected chi connectivity index (χ1v) is 13.6. The van der Waals surface area contributed by atoms with Crippen LogP contribution < -0.4 is 4.74 Å². The van der Waals surface area contributed by atoms with E-state index in [9.17, 15) is 9.18 Å². The van der Waals surface area contributed by atoms with Crippen LogP contribution in [-0.2, 0) is 4.74 Å². The van der Waals surface area contributed by atoms with Crippen molar-refractivity contribution in [2.24, 2.45) is 5.92 Å². The molecule has 2 fully saturated rings. The molecule has 0 radical (unpaired) electrons. The summed E-state index contributed by atoms with van der Waals surface area (Å²) in [7, 11) is 0. The summed E-state index contributed by atoms with van der Waals surface area (Å²) in [5.41, 5.74) is 1.29. The molecule has 1 heterocycles. The van der Waals surface area contributed by atoms with Gasteiger partial charge < -0.3 is 9.47 Å². The zero-order valence-electron chi connectivity index (χ0n) is 21.7. The van der Waals surface area contributed by atoms with Crippen molar-refractivity contribution in [1.29, 1.82) is 0 Å². The lowest BCUT2D eigenvalue weighted by molar-refractivity contribution is 0.00645. The van der Waals surface area contributed by atoms with Crippen molar-refractivity contribution in [3.8, 4) is 5.75 Å². The maximum atomic E-state index is 15.0. The van der Waals surface area contributed by atoms with Crippen LogP contribution in [0.3, 0.4) is 0 Å². The fourth-order valence-electron chi connectivity index (χ4n) is 5.00. The van der Waals surface area contributed by atoms with E-state index >= 15 is 0 Å². The molecule has 1 aliphatic heterocycles. The minimum absolute atomic E-state index is 0.0224. The average Bonchev–Trinajstić information content (AvgIpc) is 3.61. The highest BCUT2D eigenvalue weighted by atomic mass is 35.5. The fraction of sp³-hybridized carbons (Fsp3) is 0.552. The highest BCUT2D eigenvalue weighted by Crippen LogP contribution is 2.45. The largest absolute Gasteiger partial charge is 0.493 e. The zero-order chi connectivity index (χ0) is 26.2. The number of hydrogen-bond acceptors (Lipinski definition) is 4. The third-order valence-corrected chi connectivity index (χ3v) is 7.54. The number of carbonyl (C=O) groups is 1. The van der Waals surface area contributed by atoms with Gasteiger partial charge in [0.2, 0.25) is 0 Å². The Morgan fingerprint density at radius 3 is 2.36 bits per heavy atom. The second-order valence-electron chi connectivity index (χ2n) is 11.3. The number of carbonyl (C=O) groups excluding carboxylic acids is 1. The van der Waals surface area contributed by atoms with E-state index in [1.54, 1.807) is 32.9 Å². The van der Waals surface area contributed by atoms with Gasteiger partial charge in [0.15, 0.2) is 0 Å². The van der Waals surface area contributed by atoms with Gasteiger partial charge in [0, 0.05) is 40.7 Å². The summed E-state index contributed by atoms with van der Waals surface area (Å²) in [6.45, 7) is 11.1. The van der Waals surface area contributed by atoms with Crippen LogP contribution >= 0.6 is 23.2 Å². The third kappa shape index (κ3) is 6.73. The van der Waals surface area contributed by atoms with E-state index in [1.807, 2.05) is 12.1 Å². The average molecular weight is 537 g/mol. The number of piperidine rings is 1. The van der Waals surface area contributed by atoms with Crippen molar-refractivity contribution in [3.05, 3.63) is 62.9 Å². The molecule has 36 heavy (non-hydrogen) atoms. The lowest BCUT2D eigenvalue weighted by atomic mass is 9.91. The molecule has 0 amide bonds. The fourth-order valence-corrected chi connectivity index (χ4v) is 5.55. The lowest BCUT2D eigenvalue weighted by Crippen LogP contribution is -2.44. The molecule has 1 aliphatic carbocycles. The van der Waals surface area contributed by atoms with Gasteiger partial charge in [-0.2, -0.15) is 0 Å². The van der Waals surface area contributed by atoms with Gasteiger partial charge in [-0.25, -0.2) is 9.18 Å². The molecule has 196 valence electrons. The molecule has 0 spiro atoms. The Balaban J connectivity index is 1.46. The number of halogens is 3. The van der Waals surface area contributed by atoms with Gasteiger partial charge in [0.1, 0.15) is 17.2 Å². The number of nitrogens with zero attached hydrogens (tertiary/aromatic N) is 1. The van der Waals surface area contributed by atoms with Gasteiger partial charge in [-0.3, -0.25) is 4.90 Å². The molecule has 3 atom stereocenters. The minimum Gasteiger partial charge on any atom is -0.493 e. The summed E-state index contributed by atoms with van der Waals surface area (Å²) >= 11 is 12.5. The standard InChI is InChI=1S/C29H36Cl2FNO3/c1-17-6-7-19(15-33(17)18(2)21-10-22(30)12-23(31)11-21)16-35-27-14-26(32)25(13-24(27)20-8-9-20)28(34)36-29(3,4)5/h10-14,17-20H,6-9,15-16H2,1-5H3/t17-,18-,19+/m1/s1. The molecule has 1 saturated carbocycles. The smallest absolute Gasteiger partial charge is 0.341 e. The Hall–Kier alpha value is -1.82. The van der Waals surface area contributed by atoms with Crippen LogP contribution in [0.1, 0.15) is 93.7 Å². The van der Waals surface area contributed by atoms with Gasteiger partial charge in [0.05, 0.1) is 12.2 Å². The Kier molecular flexibility index (Phi) is 8.23. The van der Waals surface area contributed by atoms with E-state index in [4.69, 9.17) is 32.7 Å². The summed E-state index contributed by atoms with van der Waals surface area (Å²) in [6.07, 6.45) is 4.13. The first-order valence-electron chi connectivity index (χ1n) is 12.8. The second kappa shape index (κ2) is 10.9. The Labute approximate surface area is 224 Å². The molecule has 0 bridgehead atoms. The van der Waals surface area contributed by atoms with E-state index in [-0.39, 0.29) is 11.6 Å². The highest BCUT2D eigenvalue weighted by molar-refractivity contribution is 6.34. The maximum absolute atomic E-state index is 15.0. The monoisotopic (exact) mass is 535 g/mol. The van der Waals surface area contributed by atoms with Crippen LogP contribution in [0.2, 0.25) is 10.0 Å². The molecule has 4 nitrogen and oxygen atoms in total. The van der Waals surface area contributed by atoms with Gasteiger partial charge in [-0.15, -0.1) is 0 Å². The molecule has 4 rings (SSSR count). The summed E-state index contributed by atoms with van der Waals surface area (Å²) < 4.78 is 26.6. The lowest BCUT2D eigenvalue weighted by Gasteiger charge is -2.42. The topological polar surface area (TPSA) is 38.8 Å². The number of ether oxygens (including phenoxy) is 2. The summed E-state index contributed by atoms with van der Waals surface area (Å²) in [5, 5.41) is 1.27. The van der Waals surface area contributed by atoms with E-state index in [0.717, 1.165) is 43.4 Å². The molecule has 2 aliphatic rings. The molecule has 0 unspecified atom stereocenters. The minimum atomic E-state index is -0.685. The van der Waals surface area contributed by atoms with Crippen molar-refractivity contribution < 1.29 is 18.7 Å². The first kappa shape index (κ1) is 27.2. The van der Waals surface area contributed by atoms with Crippen LogP contribution in [0.4, 0.5) is 4.39 Å². The summed E-state index contributed by atoms with van der Waals surface area (Å²) in [5.74, 6) is -0.0900. The normalized spacial score (nSPS) is 21.8. The van der Waals surface area contributed by atoms with Crippen molar-refractivity contribution in [3.63, 3.8) is 0 Å². The highest BCUT2D eigenvalue weighted by Gasteiger charge is 2.33. The Morgan fingerprint density at radius 1 is 1.08 bits per heavy atom. The second-order valence-corrected chi connectivity index (χ2v) is 12.2. The number of benzene rings is 2. The van der Waals surface area contributed by atoms with Gasteiger partial charge in [0.25, 0.3) is 0 Å². The number of hydrogen-bond donors (Lipinski definition) is 0. The van der Waals surface area contributed by atoms with Crippen LogP contribution in [0.5, 0.6) is 5.75 Å². The van der Waals surface area contributed by atoms with Gasteiger partial charge in [-0.1, -0.05) is 23.2 Å². The number of esters is 1. The number of rotatable bonds is 7. The van der Waals surface area contributed by atoms with Crippen molar-refractivity contribution in [2.75, 3.05) is 13.2 Å². The summed E-state index contributed by atoms with van der Waals surface area (Å²) in [4.78, 5) is 15.0. The quantitative estimate of drug-likeness (QED) is 0.335. The van der Waals surface area contributed by atoms with Crippen LogP contribution in [0.15, 0.2) is 30.3 Å². The molecular weight excluding hydrogens is 500 g/mol. The van der Waals surface area contributed by atoms with Crippen LogP contribution in [-0.4, -0.2) is 35.7 Å². The van der Waals surface area contributed by atoms with E-state index in [1.165, 1.54) is 6.07 Å². The molecule has 0 aromatic heterocycles. The predicted molar refractivity (Wildman–Crippen MR) is 143 cm³/mol. The van der Waals surface area contributed by atoms with E-state index in [2.05, 4.69) is 18.7 Å². The third-order valence-electron chi connectivity index (χ3n) is 7.10. The van der Waals surface area contributed by atoms with E-state index < -0.39 is 17.4 Å². The van der Waals surface area contributed by atoms with Gasteiger partial charge >= 0.3 is 5.97 Å². The Bertz CT molecular complexity index is 1090. The SMILES string of the molecule is C[C@@H]1CC[C@H](COc2cc(F)c(C(=O)OC(C)(C)C)cc2C2CC2)CN1[C@H](C)c1cc(Cl)cc(Cl)c1. The molecular formula is C29H36Cl2FNO3. The summed E-state index contributed by atoms with van der Waals surface area (Å²) in [6, 6.07) is 9.28. The molecule has 7 heteroatoms. The van der Waals surface area contributed by atoms with Gasteiger partial charge in [-0.05, 0) is 102 Å². The molecule has 1 saturated heterocycles. The van der Waals surface area contributed by atoms with Crippen LogP contribution in [0.25, 0.3) is 0 Å². The van der Waals surface area contributed by atoms with E-state index in [0.29, 0.717) is 40.3 Å². The maximum Gasteiger partial charge on any atom is 0.341 e. The molecule has 2 aromatic carbocycles.